The van der Waals surface area contributed by atoms with Crippen molar-refractivity contribution in [2.24, 2.45) is 29.1 Å². The second kappa shape index (κ2) is 5.33. The molecule has 2 aliphatic carbocycles. The molecule has 0 heterocycles. The maximum atomic E-state index is 2.37. The molecular weight excluding hydrogens is 204 g/mol. The van der Waals surface area contributed by atoms with E-state index in [1.165, 1.54) is 43.9 Å². The van der Waals surface area contributed by atoms with E-state index in [1.807, 2.05) is 0 Å². The van der Waals surface area contributed by atoms with Gasteiger partial charge < -0.3 is 0 Å². The summed E-state index contributed by atoms with van der Waals surface area (Å²) in [5.74, 6) is 4.61. The average Bonchev–Trinajstić information content (AvgIpc) is 3.09. The Kier molecular flexibility index (Phi) is 4.21. The van der Waals surface area contributed by atoms with Crippen LogP contribution in [0.2, 0.25) is 0 Å². The highest BCUT2D eigenvalue weighted by molar-refractivity contribution is 5.01. The first-order valence-electron chi connectivity index (χ1n) is 8.01. The molecule has 4 unspecified atom stereocenters. The summed E-state index contributed by atoms with van der Waals surface area (Å²) in [6.45, 7) is 9.46. The van der Waals surface area contributed by atoms with Gasteiger partial charge >= 0.3 is 0 Å². The van der Waals surface area contributed by atoms with E-state index >= 15 is 0 Å². The van der Waals surface area contributed by atoms with Gasteiger partial charge in [0.05, 0.1) is 0 Å². The zero-order chi connectivity index (χ0) is 12.5. The largest absolute Gasteiger partial charge is 0.0651 e. The average molecular weight is 236 g/mol. The molecule has 0 amide bonds. The third kappa shape index (κ3) is 4.30. The van der Waals surface area contributed by atoms with Gasteiger partial charge in [-0.1, -0.05) is 59.8 Å². The lowest BCUT2D eigenvalue weighted by molar-refractivity contribution is 0.355. The van der Waals surface area contributed by atoms with Gasteiger partial charge in [-0.05, 0) is 48.3 Å². The van der Waals surface area contributed by atoms with Crippen LogP contribution in [-0.2, 0) is 0 Å². The van der Waals surface area contributed by atoms with Crippen LogP contribution in [0.15, 0.2) is 0 Å². The van der Waals surface area contributed by atoms with Gasteiger partial charge in [0, 0.05) is 0 Å². The lowest BCUT2D eigenvalue weighted by atomic mass is 9.89. The summed E-state index contributed by atoms with van der Waals surface area (Å²) in [7, 11) is 0. The molecule has 0 aromatic carbocycles. The monoisotopic (exact) mass is 236 g/mol. The van der Waals surface area contributed by atoms with E-state index in [0.717, 1.165) is 11.8 Å². The first-order valence-corrected chi connectivity index (χ1v) is 8.01. The summed E-state index contributed by atoms with van der Waals surface area (Å²) >= 11 is 0. The van der Waals surface area contributed by atoms with Crippen molar-refractivity contribution in [2.45, 2.75) is 79.1 Å². The molecule has 100 valence electrons. The van der Waals surface area contributed by atoms with Crippen LogP contribution in [0.25, 0.3) is 0 Å². The first kappa shape index (κ1) is 13.4. The van der Waals surface area contributed by atoms with Crippen molar-refractivity contribution in [3.63, 3.8) is 0 Å². The van der Waals surface area contributed by atoms with E-state index in [1.54, 1.807) is 19.3 Å². The zero-order valence-corrected chi connectivity index (χ0v) is 12.5. The van der Waals surface area contributed by atoms with Crippen molar-refractivity contribution >= 4 is 0 Å². The minimum Gasteiger partial charge on any atom is -0.0651 e. The van der Waals surface area contributed by atoms with Gasteiger partial charge in [-0.2, -0.15) is 0 Å². The van der Waals surface area contributed by atoms with Gasteiger partial charge in [-0.25, -0.2) is 0 Å². The molecule has 2 aliphatic rings. The summed E-state index contributed by atoms with van der Waals surface area (Å²) < 4.78 is 0. The third-order valence-electron chi connectivity index (χ3n) is 5.03. The topological polar surface area (TPSA) is 0 Å². The van der Waals surface area contributed by atoms with Crippen LogP contribution in [0, 0.1) is 29.1 Å². The number of hydrogen-bond donors (Lipinski definition) is 0. The Morgan fingerprint density at radius 3 is 2.12 bits per heavy atom. The van der Waals surface area contributed by atoms with Crippen LogP contribution in [0.1, 0.15) is 79.1 Å². The molecule has 0 saturated heterocycles. The summed E-state index contributed by atoms with van der Waals surface area (Å²) in [6.07, 6.45) is 12.0. The van der Waals surface area contributed by atoms with Crippen LogP contribution in [0.3, 0.4) is 0 Å². The molecular formula is C17H32. The second-order valence-electron chi connectivity index (χ2n) is 7.89. The minimum absolute atomic E-state index is 0.546. The Hall–Kier alpha value is 0. The van der Waals surface area contributed by atoms with E-state index in [2.05, 4.69) is 27.7 Å². The van der Waals surface area contributed by atoms with Crippen molar-refractivity contribution in [2.75, 3.05) is 0 Å². The van der Waals surface area contributed by atoms with Gasteiger partial charge in [0.1, 0.15) is 0 Å². The fourth-order valence-corrected chi connectivity index (χ4v) is 3.63. The Morgan fingerprint density at radius 2 is 1.53 bits per heavy atom. The van der Waals surface area contributed by atoms with Gasteiger partial charge in [0.25, 0.3) is 0 Å². The van der Waals surface area contributed by atoms with Crippen LogP contribution >= 0.6 is 0 Å². The maximum absolute atomic E-state index is 2.37. The second-order valence-corrected chi connectivity index (χ2v) is 7.89. The highest BCUT2D eigenvalue weighted by atomic mass is 14.6. The predicted octanol–water partition coefficient (Wildman–Crippen LogP) is 5.67. The third-order valence-corrected chi connectivity index (χ3v) is 5.03. The highest BCUT2D eigenvalue weighted by Gasteiger charge is 2.51. The fourth-order valence-electron chi connectivity index (χ4n) is 3.63. The molecule has 0 aliphatic heterocycles. The molecule has 0 aromatic rings. The number of rotatable bonds is 7. The molecule has 0 heteroatoms. The first-order chi connectivity index (χ1) is 8.01. The molecule has 0 N–H and O–H groups in total. The Morgan fingerprint density at radius 1 is 0.882 bits per heavy atom. The van der Waals surface area contributed by atoms with Gasteiger partial charge in [0.2, 0.25) is 0 Å². The van der Waals surface area contributed by atoms with Gasteiger partial charge in [-0.3, -0.25) is 0 Å². The molecule has 0 nitrogen and oxygen atoms in total. The molecule has 0 aromatic heterocycles. The molecule has 2 fully saturated rings. The summed E-state index contributed by atoms with van der Waals surface area (Å²) in [5, 5.41) is 0. The van der Waals surface area contributed by atoms with E-state index in [0.29, 0.717) is 5.41 Å². The van der Waals surface area contributed by atoms with E-state index in [4.69, 9.17) is 0 Å². The fraction of sp³-hybridized carbons (Fsp3) is 1.00. The molecule has 0 radical (unpaired) electrons. The van der Waals surface area contributed by atoms with Crippen molar-refractivity contribution in [3.8, 4) is 0 Å². The molecule has 0 spiro atoms. The summed E-state index contributed by atoms with van der Waals surface area (Å²) in [5.41, 5.74) is 0.546. The lowest BCUT2D eigenvalue weighted by Gasteiger charge is -2.17. The summed E-state index contributed by atoms with van der Waals surface area (Å²) in [4.78, 5) is 0. The van der Waals surface area contributed by atoms with Crippen LogP contribution in [0.4, 0.5) is 0 Å². The Labute approximate surface area is 109 Å². The predicted molar refractivity (Wildman–Crippen MR) is 76.0 cm³/mol. The standard InChI is InChI=1S/C17H32/c1-5-13-11-15(13)16-12-14(16)9-7-6-8-10-17(2,3)4/h13-16H,5-12H2,1-4H3. The lowest BCUT2D eigenvalue weighted by Crippen LogP contribution is -2.03. The number of unbranched alkanes of at least 4 members (excludes halogenated alkanes) is 2. The zero-order valence-electron chi connectivity index (χ0n) is 12.5. The van der Waals surface area contributed by atoms with E-state index in [-0.39, 0.29) is 0 Å². The molecule has 2 saturated carbocycles. The number of hydrogen-bond acceptors (Lipinski definition) is 0. The smallest absolute Gasteiger partial charge is 0.0352 e. The van der Waals surface area contributed by atoms with Crippen LogP contribution in [0.5, 0.6) is 0 Å². The molecule has 2 rings (SSSR count). The Bertz CT molecular complexity index is 235. The summed E-state index contributed by atoms with van der Waals surface area (Å²) in [6, 6.07) is 0. The Balaban J connectivity index is 1.46. The van der Waals surface area contributed by atoms with E-state index < -0.39 is 0 Å². The van der Waals surface area contributed by atoms with Gasteiger partial charge in [0.15, 0.2) is 0 Å². The normalized spacial score (nSPS) is 36.0. The van der Waals surface area contributed by atoms with Crippen LogP contribution in [-0.4, -0.2) is 0 Å². The maximum Gasteiger partial charge on any atom is -0.0352 e. The molecule has 4 atom stereocenters. The molecule has 17 heavy (non-hydrogen) atoms. The van der Waals surface area contributed by atoms with Crippen LogP contribution < -0.4 is 0 Å². The quantitative estimate of drug-likeness (QED) is 0.500. The van der Waals surface area contributed by atoms with E-state index in [9.17, 15) is 0 Å². The van der Waals surface area contributed by atoms with Gasteiger partial charge in [-0.15, -0.1) is 0 Å². The van der Waals surface area contributed by atoms with Crippen molar-refractivity contribution < 1.29 is 0 Å². The highest BCUT2D eigenvalue weighted by Crippen LogP contribution is 2.60. The molecule has 0 bridgehead atoms. The van der Waals surface area contributed by atoms with Crippen molar-refractivity contribution in [1.82, 2.24) is 0 Å². The van der Waals surface area contributed by atoms with Crippen molar-refractivity contribution in [3.05, 3.63) is 0 Å². The minimum atomic E-state index is 0.546. The van der Waals surface area contributed by atoms with Crippen molar-refractivity contribution in [1.29, 1.82) is 0 Å². The SMILES string of the molecule is CCC1CC1C1CC1CCCCCC(C)(C)C.